The minimum absolute atomic E-state index is 0.0759. The van der Waals surface area contributed by atoms with Gasteiger partial charge in [0.1, 0.15) is 0 Å². The Bertz CT molecular complexity index is 479. The molecule has 4 nitrogen and oxygen atoms in total. The molecule has 1 aromatic carbocycles. The molecule has 1 heterocycles. The van der Waals surface area contributed by atoms with Crippen molar-refractivity contribution in [2.45, 2.75) is 44.6 Å². The third-order valence-corrected chi connectivity index (χ3v) is 4.69. The summed E-state index contributed by atoms with van der Waals surface area (Å²) in [6, 6.07) is 8.41. The van der Waals surface area contributed by atoms with E-state index in [0.717, 1.165) is 44.5 Å². The van der Waals surface area contributed by atoms with Crippen LogP contribution in [0.2, 0.25) is 0 Å². The molecule has 114 valence electrons. The molecule has 2 aliphatic rings. The van der Waals surface area contributed by atoms with Crippen molar-refractivity contribution in [3.63, 3.8) is 0 Å². The molecule has 0 aromatic heterocycles. The summed E-state index contributed by atoms with van der Waals surface area (Å²) in [5, 5.41) is 3.04. The third-order valence-electron chi connectivity index (χ3n) is 4.69. The van der Waals surface area contributed by atoms with Crippen LogP contribution in [0.15, 0.2) is 24.3 Å². The summed E-state index contributed by atoms with van der Waals surface area (Å²) in [7, 11) is 0. The molecular formula is C17H25N3O. The lowest BCUT2D eigenvalue weighted by molar-refractivity contribution is -0.120. The van der Waals surface area contributed by atoms with Crippen LogP contribution in [0, 0.1) is 5.92 Å². The van der Waals surface area contributed by atoms with Gasteiger partial charge in [-0.1, -0.05) is 6.42 Å². The van der Waals surface area contributed by atoms with Gasteiger partial charge in [-0.05, 0) is 56.4 Å². The average molecular weight is 287 g/mol. The van der Waals surface area contributed by atoms with E-state index in [0.29, 0.717) is 0 Å². The molecule has 1 aromatic rings. The Morgan fingerprint density at radius 1 is 1.10 bits per heavy atom. The van der Waals surface area contributed by atoms with E-state index in [9.17, 15) is 4.79 Å². The monoisotopic (exact) mass is 287 g/mol. The summed E-state index contributed by atoms with van der Waals surface area (Å²) in [5.41, 5.74) is 8.11. The second-order valence-electron chi connectivity index (χ2n) is 6.35. The van der Waals surface area contributed by atoms with Crippen LogP contribution in [0.1, 0.15) is 38.5 Å². The highest BCUT2D eigenvalue weighted by Crippen LogP contribution is 2.26. The van der Waals surface area contributed by atoms with Crippen molar-refractivity contribution in [1.82, 2.24) is 0 Å². The number of anilines is 2. The molecule has 1 saturated carbocycles. The second-order valence-corrected chi connectivity index (χ2v) is 6.35. The molecule has 2 fully saturated rings. The molecule has 1 saturated heterocycles. The fourth-order valence-electron chi connectivity index (χ4n) is 3.44. The van der Waals surface area contributed by atoms with Gasteiger partial charge >= 0.3 is 0 Å². The smallest absolute Gasteiger partial charge is 0.227 e. The summed E-state index contributed by atoms with van der Waals surface area (Å²) >= 11 is 0. The van der Waals surface area contributed by atoms with Crippen LogP contribution in [0.3, 0.4) is 0 Å². The quantitative estimate of drug-likeness (QED) is 0.898. The lowest BCUT2D eigenvalue weighted by Crippen LogP contribution is -2.34. The Morgan fingerprint density at radius 3 is 2.48 bits per heavy atom. The van der Waals surface area contributed by atoms with Crippen LogP contribution in [-0.2, 0) is 4.79 Å². The Hall–Kier alpha value is -1.55. The number of benzene rings is 1. The Morgan fingerprint density at radius 2 is 1.81 bits per heavy atom. The molecule has 21 heavy (non-hydrogen) atoms. The molecule has 1 aliphatic heterocycles. The molecule has 0 spiro atoms. The second kappa shape index (κ2) is 6.48. The lowest BCUT2D eigenvalue weighted by atomic mass is 9.85. The first-order chi connectivity index (χ1) is 10.2. The van der Waals surface area contributed by atoms with E-state index in [1.165, 1.54) is 18.5 Å². The normalized spacial score (nSPS) is 25.9. The predicted molar refractivity (Wildman–Crippen MR) is 86.5 cm³/mol. The van der Waals surface area contributed by atoms with Crippen LogP contribution in [0.5, 0.6) is 0 Å². The zero-order valence-corrected chi connectivity index (χ0v) is 12.6. The van der Waals surface area contributed by atoms with Gasteiger partial charge in [0.2, 0.25) is 5.91 Å². The van der Waals surface area contributed by atoms with Gasteiger partial charge in [0.05, 0.1) is 0 Å². The van der Waals surface area contributed by atoms with Crippen LogP contribution in [0.25, 0.3) is 0 Å². The number of nitrogens with zero attached hydrogens (tertiary/aromatic N) is 1. The van der Waals surface area contributed by atoms with Crippen LogP contribution in [-0.4, -0.2) is 25.0 Å². The zero-order valence-electron chi connectivity index (χ0n) is 12.6. The summed E-state index contributed by atoms with van der Waals surface area (Å²) in [6.07, 6.45) is 6.45. The SMILES string of the molecule is NC1CCCC(C(=O)Nc2ccc(N3CCCC3)cc2)C1. The number of carbonyl (C=O) groups excluding carboxylic acids is 1. The number of hydrogen-bond acceptors (Lipinski definition) is 3. The Balaban J connectivity index is 1.58. The first kappa shape index (κ1) is 14.4. The Labute approximate surface area is 126 Å². The van der Waals surface area contributed by atoms with Gasteiger partial charge in [0.25, 0.3) is 0 Å². The minimum Gasteiger partial charge on any atom is -0.372 e. The molecule has 3 rings (SSSR count). The fourth-order valence-corrected chi connectivity index (χ4v) is 3.44. The maximum absolute atomic E-state index is 12.3. The fraction of sp³-hybridized carbons (Fsp3) is 0.588. The number of carbonyl (C=O) groups is 1. The van der Waals surface area contributed by atoms with E-state index in [2.05, 4.69) is 22.3 Å². The van der Waals surface area contributed by atoms with Crippen molar-refractivity contribution in [2.24, 2.45) is 11.7 Å². The van der Waals surface area contributed by atoms with Gasteiger partial charge in [-0.2, -0.15) is 0 Å². The molecule has 0 bridgehead atoms. The van der Waals surface area contributed by atoms with Gasteiger partial charge in [-0.25, -0.2) is 0 Å². The molecule has 4 heteroatoms. The van der Waals surface area contributed by atoms with Crippen molar-refractivity contribution in [1.29, 1.82) is 0 Å². The number of nitrogens with two attached hydrogens (primary N) is 1. The van der Waals surface area contributed by atoms with Crippen LogP contribution in [0.4, 0.5) is 11.4 Å². The number of nitrogens with one attached hydrogen (secondary N) is 1. The van der Waals surface area contributed by atoms with E-state index in [1.54, 1.807) is 0 Å². The zero-order chi connectivity index (χ0) is 14.7. The van der Waals surface area contributed by atoms with Crippen LogP contribution < -0.4 is 16.0 Å². The number of amides is 1. The molecule has 3 N–H and O–H groups in total. The predicted octanol–water partition coefficient (Wildman–Crippen LogP) is 2.74. The highest BCUT2D eigenvalue weighted by Gasteiger charge is 2.25. The molecule has 1 aliphatic carbocycles. The summed E-state index contributed by atoms with van der Waals surface area (Å²) in [6.45, 7) is 2.29. The highest BCUT2D eigenvalue weighted by molar-refractivity contribution is 5.92. The van der Waals surface area contributed by atoms with Crippen molar-refractivity contribution in [3.8, 4) is 0 Å². The van der Waals surface area contributed by atoms with Crippen LogP contribution >= 0.6 is 0 Å². The summed E-state index contributed by atoms with van der Waals surface area (Å²) in [4.78, 5) is 14.7. The van der Waals surface area contributed by atoms with Gasteiger partial charge in [0, 0.05) is 36.4 Å². The first-order valence-corrected chi connectivity index (χ1v) is 8.14. The van der Waals surface area contributed by atoms with E-state index in [1.807, 2.05) is 12.1 Å². The molecule has 1 amide bonds. The van der Waals surface area contributed by atoms with Crippen molar-refractivity contribution in [2.75, 3.05) is 23.3 Å². The third kappa shape index (κ3) is 3.56. The number of hydrogen-bond donors (Lipinski definition) is 2. The largest absolute Gasteiger partial charge is 0.372 e. The molecular weight excluding hydrogens is 262 g/mol. The van der Waals surface area contributed by atoms with E-state index < -0.39 is 0 Å². The molecule has 2 atom stereocenters. The minimum atomic E-state index is 0.0759. The van der Waals surface area contributed by atoms with Crippen molar-refractivity contribution in [3.05, 3.63) is 24.3 Å². The topological polar surface area (TPSA) is 58.4 Å². The van der Waals surface area contributed by atoms with E-state index in [-0.39, 0.29) is 17.9 Å². The van der Waals surface area contributed by atoms with Gasteiger partial charge in [-0.3, -0.25) is 4.79 Å². The van der Waals surface area contributed by atoms with Gasteiger partial charge < -0.3 is 16.0 Å². The van der Waals surface area contributed by atoms with Gasteiger partial charge in [0.15, 0.2) is 0 Å². The maximum atomic E-state index is 12.3. The van der Waals surface area contributed by atoms with E-state index >= 15 is 0 Å². The molecule has 0 radical (unpaired) electrons. The average Bonchev–Trinajstić information content (AvgIpc) is 3.02. The number of rotatable bonds is 3. The maximum Gasteiger partial charge on any atom is 0.227 e. The first-order valence-electron chi connectivity index (χ1n) is 8.14. The van der Waals surface area contributed by atoms with Crippen molar-refractivity contribution >= 4 is 17.3 Å². The standard InChI is InChI=1S/C17H25N3O/c18-14-5-3-4-13(12-14)17(21)19-15-6-8-16(9-7-15)20-10-1-2-11-20/h6-9,13-14H,1-5,10-12,18H2,(H,19,21). The Kier molecular flexibility index (Phi) is 4.44. The highest BCUT2D eigenvalue weighted by atomic mass is 16.1. The van der Waals surface area contributed by atoms with Crippen molar-refractivity contribution < 1.29 is 4.79 Å². The summed E-state index contributed by atoms with van der Waals surface area (Å²) < 4.78 is 0. The van der Waals surface area contributed by atoms with Gasteiger partial charge in [-0.15, -0.1) is 0 Å². The summed E-state index contributed by atoms with van der Waals surface area (Å²) in [5.74, 6) is 0.200. The molecule has 2 unspecified atom stereocenters. The van der Waals surface area contributed by atoms with E-state index in [4.69, 9.17) is 5.73 Å². The lowest BCUT2D eigenvalue weighted by Gasteiger charge is -2.25.